The highest BCUT2D eigenvalue weighted by molar-refractivity contribution is 5.94. The van der Waals surface area contributed by atoms with E-state index in [1.54, 1.807) is 42.6 Å². The number of amides is 1. The molecule has 5 heteroatoms. The second-order valence-corrected chi connectivity index (χ2v) is 3.93. The average molecular weight is 267 g/mol. The fraction of sp³-hybridized carbons (Fsp3) is 0.133. The number of hydrogen-bond donors (Lipinski definition) is 2. The molecular weight excluding hydrogens is 254 g/mol. The quantitative estimate of drug-likeness (QED) is 0.805. The largest absolute Gasteiger partial charge is 0.384 e. The number of rotatable bonds is 3. The Labute approximate surface area is 116 Å². The number of aromatic nitrogens is 2. The summed E-state index contributed by atoms with van der Waals surface area (Å²) in [6, 6.07) is 10.4. The summed E-state index contributed by atoms with van der Waals surface area (Å²) in [7, 11) is 0. The van der Waals surface area contributed by atoms with Gasteiger partial charge in [0.15, 0.2) is 0 Å². The van der Waals surface area contributed by atoms with Crippen LogP contribution < -0.4 is 5.32 Å². The summed E-state index contributed by atoms with van der Waals surface area (Å²) < 4.78 is 0. The zero-order valence-electron chi connectivity index (χ0n) is 10.7. The van der Waals surface area contributed by atoms with Crippen molar-refractivity contribution < 1.29 is 9.90 Å². The predicted octanol–water partition coefficient (Wildman–Crippen LogP) is 0.750. The molecule has 1 heterocycles. The van der Waals surface area contributed by atoms with Crippen LogP contribution in [0.5, 0.6) is 0 Å². The van der Waals surface area contributed by atoms with Crippen molar-refractivity contribution in [2.75, 3.05) is 6.61 Å². The zero-order chi connectivity index (χ0) is 14.2. The summed E-state index contributed by atoms with van der Waals surface area (Å²) in [5, 5.41) is 19.0. The summed E-state index contributed by atoms with van der Waals surface area (Å²) >= 11 is 0. The fourth-order valence-electron chi connectivity index (χ4n) is 1.55. The van der Waals surface area contributed by atoms with E-state index in [4.69, 9.17) is 5.11 Å². The van der Waals surface area contributed by atoms with Gasteiger partial charge in [-0.1, -0.05) is 11.8 Å². The number of aliphatic hydroxyl groups excluding tert-OH is 1. The molecule has 0 saturated heterocycles. The number of carbonyl (C=O) groups is 1. The van der Waals surface area contributed by atoms with Crippen LogP contribution in [0.4, 0.5) is 0 Å². The van der Waals surface area contributed by atoms with Crippen molar-refractivity contribution in [3.8, 4) is 11.8 Å². The van der Waals surface area contributed by atoms with Gasteiger partial charge in [0.05, 0.1) is 12.2 Å². The number of hydrogen-bond acceptors (Lipinski definition) is 4. The minimum absolute atomic E-state index is 0.180. The summed E-state index contributed by atoms with van der Waals surface area (Å²) in [4.78, 5) is 11.9. The van der Waals surface area contributed by atoms with E-state index < -0.39 is 0 Å². The van der Waals surface area contributed by atoms with Crippen LogP contribution in [0.1, 0.15) is 21.6 Å². The molecule has 2 N–H and O–H groups in total. The standard InChI is InChI=1S/C15H13N3O2/c19-10-2-3-12-5-7-13(8-6-12)15(20)16-11-14-4-1-9-17-18-14/h1,4-9,19H,10-11H2,(H,16,20). The molecule has 0 radical (unpaired) electrons. The minimum atomic E-state index is -0.183. The van der Waals surface area contributed by atoms with Gasteiger partial charge in [0, 0.05) is 17.3 Å². The molecule has 0 unspecified atom stereocenters. The van der Waals surface area contributed by atoms with Crippen molar-refractivity contribution in [2.45, 2.75) is 6.54 Å². The first kappa shape index (κ1) is 13.7. The summed E-state index contributed by atoms with van der Waals surface area (Å²) in [6.45, 7) is 0.152. The van der Waals surface area contributed by atoms with Gasteiger partial charge >= 0.3 is 0 Å². The molecule has 0 aliphatic carbocycles. The highest BCUT2D eigenvalue weighted by Gasteiger charge is 2.05. The zero-order valence-corrected chi connectivity index (χ0v) is 10.7. The Hall–Kier alpha value is -2.71. The Kier molecular flexibility index (Phi) is 4.81. The van der Waals surface area contributed by atoms with Crippen LogP contribution in [-0.4, -0.2) is 27.8 Å². The summed E-state index contributed by atoms with van der Waals surface area (Å²) in [5.41, 5.74) is 2.00. The molecule has 0 bridgehead atoms. The van der Waals surface area contributed by atoms with Crippen molar-refractivity contribution in [3.05, 3.63) is 59.4 Å². The molecule has 0 fully saturated rings. The highest BCUT2D eigenvalue weighted by Crippen LogP contribution is 2.03. The van der Waals surface area contributed by atoms with Gasteiger partial charge in [0.2, 0.25) is 0 Å². The van der Waals surface area contributed by atoms with Gasteiger partial charge in [-0.15, -0.1) is 0 Å². The number of nitrogens with zero attached hydrogens (tertiary/aromatic N) is 2. The van der Waals surface area contributed by atoms with E-state index in [9.17, 15) is 4.79 Å². The summed E-state index contributed by atoms with van der Waals surface area (Å²) in [6.07, 6.45) is 1.58. The third kappa shape index (κ3) is 3.90. The van der Waals surface area contributed by atoms with E-state index in [2.05, 4.69) is 27.4 Å². The lowest BCUT2D eigenvalue weighted by atomic mass is 10.1. The van der Waals surface area contributed by atoms with Crippen molar-refractivity contribution in [1.82, 2.24) is 15.5 Å². The average Bonchev–Trinajstić information content (AvgIpc) is 2.52. The molecule has 2 rings (SSSR count). The first-order valence-electron chi connectivity index (χ1n) is 6.04. The van der Waals surface area contributed by atoms with Crippen molar-refractivity contribution in [1.29, 1.82) is 0 Å². The molecule has 5 nitrogen and oxygen atoms in total. The smallest absolute Gasteiger partial charge is 0.251 e. The van der Waals surface area contributed by atoms with Crippen LogP contribution in [0.2, 0.25) is 0 Å². The highest BCUT2D eigenvalue weighted by atomic mass is 16.2. The van der Waals surface area contributed by atoms with E-state index in [0.717, 1.165) is 5.56 Å². The van der Waals surface area contributed by atoms with Crippen LogP contribution in [0.3, 0.4) is 0 Å². The second kappa shape index (κ2) is 7.02. The van der Waals surface area contributed by atoms with Crippen LogP contribution in [0, 0.1) is 11.8 Å². The van der Waals surface area contributed by atoms with Crippen molar-refractivity contribution in [2.24, 2.45) is 0 Å². The van der Waals surface area contributed by atoms with Gasteiger partial charge in [-0.05, 0) is 36.4 Å². The monoisotopic (exact) mass is 267 g/mol. The predicted molar refractivity (Wildman–Crippen MR) is 73.6 cm³/mol. The van der Waals surface area contributed by atoms with E-state index in [-0.39, 0.29) is 12.5 Å². The normalized spacial score (nSPS) is 9.45. The maximum Gasteiger partial charge on any atom is 0.251 e. The molecule has 0 aliphatic rings. The lowest BCUT2D eigenvalue weighted by Gasteiger charge is -2.04. The second-order valence-electron chi connectivity index (χ2n) is 3.93. The number of aliphatic hydroxyl groups is 1. The summed E-state index contributed by atoms with van der Waals surface area (Å²) in [5.74, 6) is 5.13. The number of benzene rings is 1. The third-order valence-electron chi connectivity index (χ3n) is 2.52. The molecule has 0 saturated carbocycles. The van der Waals surface area contributed by atoms with Crippen LogP contribution in [-0.2, 0) is 6.54 Å². The van der Waals surface area contributed by atoms with Gasteiger partial charge in [-0.3, -0.25) is 4.79 Å². The number of nitrogens with one attached hydrogen (secondary N) is 1. The van der Waals surface area contributed by atoms with E-state index in [0.29, 0.717) is 17.8 Å². The lowest BCUT2D eigenvalue weighted by molar-refractivity contribution is 0.0950. The molecule has 0 atom stereocenters. The van der Waals surface area contributed by atoms with Gasteiger partial charge in [-0.25, -0.2) is 0 Å². The Morgan fingerprint density at radius 2 is 2.05 bits per heavy atom. The molecule has 1 aromatic carbocycles. The van der Waals surface area contributed by atoms with Gasteiger partial charge in [0.25, 0.3) is 5.91 Å². The maximum absolute atomic E-state index is 11.9. The van der Waals surface area contributed by atoms with Crippen LogP contribution in [0.15, 0.2) is 42.6 Å². The van der Waals surface area contributed by atoms with E-state index in [1.165, 1.54) is 0 Å². The molecule has 20 heavy (non-hydrogen) atoms. The molecule has 1 aromatic heterocycles. The molecule has 1 amide bonds. The molecular formula is C15H13N3O2. The van der Waals surface area contributed by atoms with Crippen molar-refractivity contribution in [3.63, 3.8) is 0 Å². The van der Waals surface area contributed by atoms with E-state index in [1.807, 2.05) is 0 Å². The van der Waals surface area contributed by atoms with E-state index >= 15 is 0 Å². The van der Waals surface area contributed by atoms with Crippen molar-refractivity contribution >= 4 is 5.91 Å². The Bertz CT molecular complexity index is 628. The fourth-order valence-corrected chi connectivity index (χ4v) is 1.55. The maximum atomic E-state index is 11.9. The van der Waals surface area contributed by atoms with Crippen LogP contribution in [0.25, 0.3) is 0 Å². The third-order valence-corrected chi connectivity index (χ3v) is 2.52. The molecule has 2 aromatic rings. The SMILES string of the molecule is O=C(NCc1cccnn1)c1ccc(C#CCO)cc1. The van der Waals surface area contributed by atoms with Gasteiger partial charge in [-0.2, -0.15) is 10.2 Å². The first-order valence-corrected chi connectivity index (χ1v) is 6.04. The minimum Gasteiger partial charge on any atom is -0.384 e. The molecule has 0 spiro atoms. The topological polar surface area (TPSA) is 75.1 Å². The van der Waals surface area contributed by atoms with Gasteiger partial charge in [0.1, 0.15) is 6.61 Å². The Morgan fingerprint density at radius 1 is 1.25 bits per heavy atom. The molecule has 100 valence electrons. The number of carbonyl (C=O) groups excluding carboxylic acids is 1. The Balaban J connectivity index is 1.96. The first-order chi connectivity index (χ1) is 9.79. The molecule has 0 aliphatic heterocycles. The Morgan fingerprint density at radius 3 is 2.70 bits per heavy atom. The lowest BCUT2D eigenvalue weighted by Crippen LogP contribution is -2.23. The van der Waals surface area contributed by atoms with Crippen LogP contribution >= 0.6 is 0 Å². The van der Waals surface area contributed by atoms with Gasteiger partial charge < -0.3 is 10.4 Å².